The zero-order valence-electron chi connectivity index (χ0n) is 28.7. The molecule has 2 aromatic heterocycles. The molecule has 6 nitrogen and oxygen atoms in total. The van der Waals surface area contributed by atoms with Crippen molar-refractivity contribution in [3.8, 4) is 0 Å². The second-order valence-electron chi connectivity index (χ2n) is 13.4. The van der Waals surface area contributed by atoms with E-state index >= 15 is 0 Å². The van der Waals surface area contributed by atoms with E-state index in [2.05, 4.69) is 53.6 Å². The summed E-state index contributed by atoms with van der Waals surface area (Å²) in [6, 6.07) is 20.4. The zero-order valence-corrected chi connectivity index (χ0v) is 28.7. The molecule has 252 valence electrons. The Kier molecular flexibility index (Phi) is 9.99. The maximum atomic E-state index is 14.1. The maximum absolute atomic E-state index is 14.1. The minimum Gasteiger partial charge on any atom is -0.450 e. The molecule has 2 fully saturated rings. The molecule has 4 aromatic rings. The monoisotopic (exact) mass is 656 g/mol. The van der Waals surface area contributed by atoms with Crippen molar-refractivity contribution in [2.24, 2.45) is 0 Å². The first kappa shape index (κ1) is 32.9. The van der Waals surface area contributed by atoms with Crippen LogP contribution >= 0.6 is 0 Å². The van der Waals surface area contributed by atoms with E-state index in [4.69, 9.17) is 9.72 Å². The highest BCUT2D eigenvalue weighted by Gasteiger charge is 2.27. The number of hydrogen-bond acceptors (Lipinski definition) is 5. The smallest absolute Gasteiger partial charge is 0.409 e. The van der Waals surface area contributed by atoms with Crippen molar-refractivity contribution < 1.29 is 13.9 Å². The summed E-state index contributed by atoms with van der Waals surface area (Å²) >= 11 is 0. The summed E-state index contributed by atoms with van der Waals surface area (Å²) in [7, 11) is 0. The van der Waals surface area contributed by atoms with Crippen LogP contribution in [0.4, 0.5) is 9.18 Å². The molecule has 0 atom stereocenters. The predicted octanol–water partition coefficient (Wildman–Crippen LogP) is 8.05. The van der Waals surface area contributed by atoms with Gasteiger partial charge in [0.2, 0.25) is 0 Å². The van der Waals surface area contributed by atoms with Gasteiger partial charge in [-0.2, -0.15) is 0 Å². The number of rotatable bonds is 1. The summed E-state index contributed by atoms with van der Waals surface area (Å²) in [6.07, 6.45) is 11.2. The fraction of sp³-hybridized carbons (Fsp3) is 0.357. The topological polar surface area (TPSA) is 67.3 Å². The van der Waals surface area contributed by atoms with Gasteiger partial charge < -0.3 is 15.0 Å². The van der Waals surface area contributed by atoms with Crippen LogP contribution in [-0.2, 0) is 30.4 Å². The number of carbonyl (C=O) groups excluding carboxylic acids is 1. The molecule has 0 saturated carbocycles. The average molecular weight is 657 g/mol. The number of pyridine rings is 2. The number of fused-ring (bicyclic) bond motifs is 4. The van der Waals surface area contributed by atoms with Crippen LogP contribution in [0.5, 0.6) is 0 Å². The van der Waals surface area contributed by atoms with Gasteiger partial charge in [0.15, 0.2) is 0 Å². The third kappa shape index (κ3) is 7.09. The number of hydrogen-bond donors (Lipinski definition) is 1. The summed E-state index contributed by atoms with van der Waals surface area (Å²) in [5, 5.41) is 3.47. The van der Waals surface area contributed by atoms with Gasteiger partial charge in [-0.3, -0.25) is 9.97 Å². The van der Waals surface area contributed by atoms with Crippen molar-refractivity contribution in [3.05, 3.63) is 140 Å². The first-order valence-electron chi connectivity index (χ1n) is 17.8. The molecule has 8 rings (SSSR count). The highest BCUT2D eigenvalue weighted by molar-refractivity contribution is 5.85. The van der Waals surface area contributed by atoms with Crippen LogP contribution in [0.3, 0.4) is 0 Å². The number of amides is 1. The molecule has 49 heavy (non-hydrogen) atoms. The van der Waals surface area contributed by atoms with Gasteiger partial charge in [-0.25, -0.2) is 9.18 Å². The van der Waals surface area contributed by atoms with E-state index in [1.165, 1.54) is 50.7 Å². The number of piperidine rings is 2. The Labute approximate surface area is 289 Å². The molecule has 4 aliphatic rings. The Morgan fingerprint density at radius 1 is 0.735 bits per heavy atom. The van der Waals surface area contributed by atoms with Gasteiger partial charge in [0.1, 0.15) is 5.82 Å². The minimum atomic E-state index is -0.257. The highest BCUT2D eigenvalue weighted by atomic mass is 19.1. The number of aromatic nitrogens is 2. The lowest BCUT2D eigenvalue weighted by molar-refractivity contribution is 0.104. The average Bonchev–Trinajstić information content (AvgIpc) is 3.40. The SMILES string of the molecule is CCOC(=O)N1CCC(=C2c3cc(F)ccc3CCc3cccnc32)CC1.Cc1ccc2c(c1)C(=C1CCNCC1)c1ncccc1CC2. The molecule has 0 unspecified atom stereocenters. The van der Waals surface area contributed by atoms with Crippen molar-refractivity contribution in [1.82, 2.24) is 20.2 Å². The van der Waals surface area contributed by atoms with Gasteiger partial charge in [-0.05, 0) is 136 Å². The molecule has 1 amide bonds. The molecule has 2 saturated heterocycles. The number of nitrogens with zero attached hydrogens (tertiary/aromatic N) is 3. The first-order valence-corrected chi connectivity index (χ1v) is 17.8. The van der Waals surface area contributed by atoms with Gasteiger partial charge in [-0.1, -0.05) is 53.1 Å². The van der Waals surface area contributed by atoms with Crippen molar-refractivity contribution in [2.75, 3.05) is 32.8 Å². The largest absolute Gasteiger partial charge is 0.450 e. The lowest BCUT2D eigenvalue weighted by Gasteiger charge is -2.29. The summed E-state index contributed by atoms with van der Waals surface area (Å²) in [5.74, 6) is -0.227. The van der Waals surface area contributed by atoms with E-state index in [9.17, 15) is 9.18 Å². The van der Waals surface area contributed by atoms with Crippen LogP contribution in [0.2, 0.25) is 0 Å². The second kappa shape index (κ2) is 14.9. The normalized spacial score (nSPS) is 17.0. The number of halogens is 1. The summed E-state index contributed by atoms with van der Waals surface area (Å²) in [4.78, 5) is 23.2. The number of aryl methyl sites for hydroxylation is 5. The molecule has 2 aromatic carbocycles. The second-order valence-corrected chi connectivity index (χ2v) is 13.4. The number of carbonyl (C=O) groups is 1. The molecule has 0 radical (unpaired) electrons. The third-order valence-corrected chi connectivity index (χ3v) is 10.3. The summed E-state index contributed by atoms with van der Waals surface area (Å²) < 4.78 is 19.2. The van der Waals surface area contributed by atoms with Gasteiger partial charge in [0, 0.05) is 36.6 Å². The molecular formula is C42H45FN4O2. The Morgan fingerprint density at radius 3 is 1.90 bits per heavy atom. The quantitative estimate of drug-likeness (QED) is 0.225. The van der Waals surface area contributed by atoms with E-state index < -0.39 is 0 Å². The van der Waals surface area contributed by atoms with E-state index in [1.54, 1.807) is 22.7 Å². The summed E-state index contributed by atoms with van der Waals surface area (Å²) in [5.41, 5.74) is 16.4. The molecule has 0 spiro atoms. The molecule has 0 bridgehead atoms. The fourth-order valence-corrected chi connectivity index (χ4v) is 7.78. The van der Waals surface area contributed by atoms with Crippen LogP contribution in [-0.4, -0.2) is 53.7 Å². The number of ether oxygens (including phenoxy) is 1. The summed E-state index contributed by atoms with van der Waals surface area (Å²) in [6.45, 7) is 7.79. The number of likely N-dealkylation sites (tertiary alicyclic amines) is 1. The van der Waals surface area contributed by atoms with Gasteiger partial charge >= 0.3 is 6.09 Å². The van der Waals surface area contributed by atoms with Crippen LogP contribution in [0.1, 0.15) is 82.9 Å². The Bertz CT molecular complexity index is 1910. The van der Waals surface area contributed by atoms with Crippen molar-refractivity contribution >= 4 is 17.2 Å². The number of nitrogens with one attached hydrogen (secondary N) is 1. The molecular weight excluding hydrogens is 611 g/mol. The van der Waals surface area contributed by atoms with Gasteiger partial charge in [-0.15, -0.1) is 0 Å². The highest BCUT2D eigenvalue weighted by Crippen LogP contribution is 2.39. The molecule has 1 N–H and O–H groups in total. The van der Waals surface area contributed by atoms with Gasteiger partial charge in [0.05, 0.1) is 18.0 Å². The van der Waals surface area contributed by atoms with Crippen molar-refractivity contribution in [2.45, 2.75) is 65.2 Å². The predicted molar refractivity (Wildman–Crippen MR) is 193 cm³/mol. The van der Waals surface area contributed by atoms with Crippen LogP contribution in [0, 0.1) is 12.7 Å². The minimum absolute atomic E-state index is 0.227. The van der Waals surface area contributed by atoms with Crippen molar-refractivity contribution in [1.29, 1.82) is 0 Å². The van der Waals surface area contributed by atoms with Crippen LogP contribution < -0.4 is 5.32 Å². The van der Waals surface area contributed by atoms with E-state index in [0.717, 1.165) is 86.9 Å². The van der Waals surface area contributed by atoms with Crippen LogP contribution in [0.25, 0.3) is 11.1 Å². The molecule has 2 aliphatic heterocycles. The zero-order chi connectivity index (χ0) is 33.7. The Balaban J connectivity index is 0.000000157. The lowest BCUT2D eigenvalue weighted by Crippen LogP contribution is -2.37. The maximum Gasteiger partial charge on any atom is 0.409 e. The standard InChI is InChI=1S/C22H23FN2O2.C20H22N2/c1-2-27-22(26)25-12-9-16(10-13-25)20-19-14-18(23)8-7-15(19)5-6-17-4-3-11-24-21(17)20;1-14-4-5-15-6-7-17-3-2-10-22-20(17)19(18(15)13-14)16-8-11-21-12-9-16/h3-4,7-8,11,14H,2,5-6,9-10,12-13H2,1H3;2-5,10,13,21H,6-9,11-12H2,1H3. The third-order valence-electron chi connectivity index (χ3n) is 10.3. The van der Waals surface area contributed by atoms with Crippen LogP contribution in [0.15, 0.2) is 84.2 Å². The first-order chi connectivity index (χ1) is 24.0. The molecule has 7 heteroatoms. The van der Waals surface area contributed by atoms with Crippen molar-refractivity contribution in [3.63, 3.8) is 0 Å². The lowest BCUT2D eigenvalue weighted by atomic mass is 9.88. The fourth-order valence-electron chi connectivity index (χ4n) is 7.78. The number of benzene rings is 2. The van der Waals surface area contributed by atoms with Gasteiger partial charge in [0.25, 0.3) is 0 Å². The Hall–Kier alpha value is -4.62. The molecule has 4 heterocycles. The molecule has 2 aliphatic carbocycles. The van der Waals surface area contributed by atoms with E-state index in [-0.39, 0.29) is 11.9 Å². The van der Waals surface area contributed by atoms with E-state index in [1.807, 2.05) is 25.3 Å². The Morgan fingerprint density at radius 2 is 1.29 bits per heavy atom. The van der Waals surface area contributed by atoms with E-state index in [0.29, 0.717) is 19.7 Å².